The first-order valence-electron chi connectivity index (χ1n) is 10.5. The van der Waals surface area contributed by atoms with Crippen LogP contribution in [0.15, 0.2) is 47.6 Å². The van der Waals surface area contributed by atoms with Gasteiger partial charge in [-0.05, 0) is 57.5 Å². The van der Waals surface area contributed by atoms with Crippen LogP contribution in [-0.4, -0.2) is 41.2 Å². The number of carbonyl (C=O) groups is 1. The Bertz CT molecular complexity index is 933. The molecule has 5 heteroatoms. The quantitative estimate of drug-likeness (QED) is 0.761. The molecule has 4 rings (SSSR count). The smallest absolute Gasteiger partial charge is 0.257 e. The zero-order chi connectivity index (χ0) is 20.4. The van der Waals surface area contributed by atoms with Crippen molar-refractivity contribution in [1.82, 2.24) is 9.91 Å². The van der Waals surface area contributed by atoms with Gasteiger partial charge in [0.15, 0.2) is 0 Å². The molecule has 2 aliphatic rings. The molecule has 1 amide bonds. The predicted molar refractivity (Wildman–Crippen MR) is 113 cm³/mol. The molecule has 1 fully saturated rings. The Labute approximate surface area is 172 Å². The van der Waals surface area contributed by atoms with Gasteiger partial charge in [-0.2, -0.15) is 5.10 Å². The van der Waals surface area contributed by atoms with Gasteiger partial charge in [0.05, 0.1) is 18.3 Å². The first-order chi connectivity index (χ1) is 14.0. The Morgan fingerprint density at radius 2 is 1.86 bits per heavy atom. The fourth-order valence-electron chi connectivity index (χ4n) is 4.32. The first kappa shape index (κ1) is 19.8. The third kappa shape index (κ3) is 4.25. The summed E-state index contributed by atoms with van der Waals surface area (Å²) in [5.41, 5.74) is 4.69. The number of carbonyl (C=O) groups excluding carboxylic acids is 1. The average molecular weight is 394 g/mol. The Morgan fingerprint density at radius 3 is 2.62 bits per heavy atom. The first-order valence-corrected chi connectivity index (χ1v) is 10.5. The van der Waals surface area contributed by atoms with E-state index in [-0.39, 0.29) is 11.7 Å². The van der Waals surface area contributed by atoms with E-state index in [9.17, 15) is 9.18 Å². The molecule has 0 bridgehead atoms. The standard InChI is InChI=1S/C24H28FN3O/c1-17-10-11-18(2)20(14-17)22-15-23(19-8-4-5-9-21(19)25)28(26-22)24(29)16-27-12-6-3-7-13-27/h4-5,8-11,14,23H,3,6-7,12-13,15-16H2,1-2H3/t23-/m1/s1. The Hall–Kier alpha value is -2.53. The van der Waals surface area contributed by atoms with Gasteiger partial charge in [0.1, 0.15) is 5.82 Å². The van der Waals surface area contributed by atoms with Crippen LogP contribution in [0, 0.1) is 19.7 Å². The maximum atomic E-state index is 14.6. The van der Waals surface area contributed by atoms with Crippen molar-refractivity contribution in [2.24, 2.45) is 5.10 Å². The fraction of sp³-hybridized carbons (Fsp3) is 0.417. The average Bonchev–Trinajstić information content (AvgIpc) is 3.16. The number of halogens is 1. The second kappa shape index (κ2) is 8.46. The topological polar surface area (TPSA) is 35.9 Å². The van der Waals surface area contributed by atoms with E-state index in [1.807, 2.05) is 19.9 Å². The van der Waals surface area contributed by atoms with Gasteiger partial charge in [0, 0.05) is 17.5 Å². The van der Waals surface area contributed by atoms with E-state index < -0.39 is 6.04 Å². The van der Waals surface area contributed by atoms with Crippen LogP contribution in [0.3, 0.4) is 0 Å². The Morgan fingerprint density at radius 1 is 1.10 bits per heavy atom. The van der Waals surface area contributed by atoms with Gasteiger partial charge < -0.3 is 0 Å². The largest absolute Gasteiger partial charge is 0.294 e. The highest BCUT2D eigenvalue weighted by atomic mass is 19.1. The van der Waals surface area contributed by atoms with Crippen molar-refractivity contribution in [3.05, 3.63) is 70.5 Å². The molecule has 2 aliphatic heterocycles. The second-order valence-corrected chi connectivity index (χ2v) is 8.18. The van der Waals surface area contributed by atoms with Crippen molar-refractivity contribution in [3.63, 3.8) is 0 Å². The second-order valence-electron chi connectivity index (χ2n) is 8.18. The molecule has 0 unspecified atom stereocenters. The number of benzene rings is 2. The highest BCUT2D eigenvalue weighted by Gasteiger charge is 2.35. The minimum absolute atomic E-state index is 0.0551. The summed E-state index contributed by atoms with van der Waals surface area (Å²) in [7, 11) is 0. The SMILES string of the molecule is Cc1ccc(C)c(C2=NN(C(=O)CN3CCCCC3)[C@@H](c3ccccc3F)C2)c1. The molecule has 2 aromatic carbocycles. The predicted octanol–water partition coefficient (Wildman–Crippen LogP) is 4.61. The van der Waals surface area contributed by atoms with Gasteiger partial charge in [-0.25, -0.2) is 9.40 Å². The number of piperidine rings is 1. The maximum Gasteiger partial charge on any atom is 0.257 e. The lowest BCUT2D eigenvalue weighted by Crippen LogP contribution is -2.40. The number of hydrogen-bond acceptors (Lipinski definition) is 3. The summed E-state index contributed by atoms with van der Waals surface area (Å²) in [6.07, 6.45) is 4.00. The molecule has 1 saturated heterocycles. The fourth-order valence-corrected chi connectivity index (χ4v) is 4.32. The highest BCUT2D eigenvalue weighted by molar-refractivity contribution is 6.04. The highest BCUT2D eigenvalue weighted by Crippen LogP contribution is 2.35. The number of hydrogen-bond donors (Lipinski definition) is 0. The summed E-state index contributed by atoms with van der Waals surface area (Å²) in [5, 5.41) is 6.26. The number of hydrazone groups is 1. The van der Waals surface area contributed by atoms with Crippen LogP contribution >= 0.6 is 0 Å². The van der Waals surface area contributed by atoms with Crippen LogP contribution < -0.4 is 0 Å². The molecule has 152 valence electrons. The molecule has 2 heterocycles. The zero-order valence-electron chi connectivity index (χ0n) is 17.2. The molecule has 0 spiro atoms. The van der Waals surface area contributed by atoms with E-state index >= 15 is 0 Å². The van der Waals surface area contributed by atoms with Gasteiger partial charge in [0.2, 0.25) is 0 Å². The minimum atomic E-state index is -0.400. The molecule has 29 heavy (non-hydrogen) atoms. The van der Waals surface area contributed by atoms with Crippen molar-refractivity contribution in [2.45, 2.75) is 45.6 Å². The van der Waals surface area contributed by atoms with Gasteiger partial charge in [-0.1, -0.05) is 42.3 Å². The van der Waals surface area contributed by atoms with Crippen LogP contribution in [0.2, 0.25) is 0 Å². The van der Waals surface area contributed by atoms with Crippen LogP contribution in [0.25, 0.3) is 0 Å². The van der Waals surface area contributed by atoms with Crippen molar-refractivity contribution < 1.29 is 9.18 Å². The number of amides is 1. The number of aryl methyl sites for hydroxylation is 2. The molecular formula is C24H28FN3O. The van der Waals surface area contributed by atoms with E-state index in [2.05, 4.69) is 23.1 Å². The van der Waals surface area contributed by atoms with E-state index in [0.717, 1.165) is 48.3 Å². The van der Waals surface area contributed by atoms with E-state index in [1.165, 1.54) is 17.5 Å². The van der Waals surface area contributed by atoms with Crippen molar-refractivity contribution >= 4 is 11.6 Å². The van der Waals surface area contributed by atoms with Crippen molar-refractivity contribution in [3.8, 4) is 0 Å². The molecule has 0 saturated carbocycles. The van der Waals surface area contributed by atoms with Gasteiger partial charge in [-0.3, -0.25) is 9.69 Å². The van der Waals surface area contributed by atoms with E-state index in [4.69, 9.17) is 5.10 Å². The molecular weight excluding hydrogens is 365 g/mol. The molecule has 0 N–H and O–H groups in total. The molecule has 1 atom stereocenters. The van der Waals surface area contributed by atoms with Gasteiger partial charge in [0.25, 0.3) is 5.91 Å². The molecule has 0 aliphatic carbocycles. The molecule has 0 aromatic heterocycles. The van der Waals surface area contributed by atoms with Crippen LogP contribution in [0.4, 0.5) is 4.39 Å². The normalized spacial score (nSPS) is 20.0. The molecule has 2 aromatic rings. The lowest BCUT2D eigenvalue weighted by atomic mass is 9.95. The van der Waals surface area contributed by atoms with Crippen molar-refractivity contribution in [2.75, 3.05) is 19.6 Å². The van der Waals surface area contributed by atoms with Gasteiger partial charge in [-0.15, -0.1) is 0 Å². The number of likely N-dealkylation sites (tertiary alicyclic amines) is 1. The molecule has 4 nitrogen and oxygen atoms in total. The third-order valence-electron chi connectivity index (χ3n) is 5.94. The summed E-state index contributed by atoms with van der Waals surface area (Å²) in [5.74, 6) is -0.342. The summed E-state index contributed by atoms with van der Waals surface area (Å²) in [6.45, 7) is 6.32. The third-order valence-corrected chi connectivity index (χ3v) is 5.94. The van der Waals surface area contributed by atoms with E-state index in [0.29, 0.717) is 18.5 Å². The van der Waals surface area contributed by atoms with Gasteiger partial charge >= 0.3 is 0 Å². The summed E-state index contributed by atoms with van der Waals surface area (Å²) in [6, 6.07) is 12.6. The number of nitrogens with zero attached hydrogens (tertiary/aromatic N) is 3. The summed E-state index contributed by atoms with van der Waals surface area (Å²) in [4.78, 5) is 15.4. The molecule has 0 radical (unpaired) electrons. The van der Waals surface area contributed by atoms with E-state index in [1.54, 1.807) is 12.1 Å². The van der Waals surface area contributed by atoms with Crippen LogP contribution in [-0.2, 0) is 4.79 Å². The Balaban J connectivity index is 1.66. The monoisotopic (exact) mass is 393 g/mol. The van der Waals surface area contributed by atoms with Crippen LogP contribution in [0.1, 0.15) is 54.0 Å². The lowest BCUT2D eigenvalue weighted by molar-refractivity contribution is -0.134. The Kier molecular flexibility index (Phi) is 5.76. The summed E-state index contributed by atoms with van der Waals surface area (Å²) < 4.78 is 14.6. The maximum absolute atomic E-state index is 14.6. The van der Waals surface area contributed by atoms with Crippen LogP contribution in [0.5, 0.6) is 0 Å². The minimum Gasteiger partial charge on any atom is -0.294 e. The lowest BCUT2D eigenvalue weighted by Gasteiger charge is -2.29. The zero-order valence-corrected chi connectivity index (χ0v) is 17.2. The van der Waals surface area contributed by atoms with Crippen molar-refractivity contribution in [1.29, 1.82) is 0 Å². The number of rotatable bonds is 4. The summed E-state index contributed by atoms with van der Waals surface area (Å²) >= 11 is 0.